The second-order valence-electron chi connectivity index (χ2n) is 15.4. The zero-order chi connectivity index (χ0) is 40.4. The number of carbonyl (C=O) groups excluding carboxylic acids is 4. The molecule has 15 heteroatoms. The molecule has 4 N–H and O–H groups in total. The van der Waals surface area contributed by atoms with E-state index < -0.39 is 24.3 Å². The number of aromatic amines is 2. The number of imidazole rings is 2. The number of furan rings is 1. The Bertz CT molecular complexity index is 2240. The van der Waals surface area contributed by atoms with Crippen molar-refractivity contribution in [3.8, 4) is 33.8 Å². The summed E-state index contributed by atoms with van der Waals surface area (Å²) in [5.41, 5.74) is 5.20. The van der Waals surface area contributed by atoms with Gasteiger partial charge in [-0.25, -0.2) is 19.6 Å². The topological polar surface area (TPSA) is 188 Å². The number of nitrogens with one attached hydrogen (secondary N) is 4. The van der Waals surface area contributed by atoms with Crippen molar-refractivity contribution in [1.29, 1.82) is 0 Å². The Kier molecular flexibility index (Phi) is 11.4. The number of likely N-dealkylation sites (tertiary alicyclic amines) is 2. The molecular formula is C42H50N8O7. The zero-order valence-corrected chi connectivity index (χ0v) is 33.1. The van der Waals surface area contributed by atoms with Crippen molar-refractivity contribution in [3.63, 3.8) is 0 Å². The van der Waals surface area contributed by atoms with Gasteiger partial charge in [0.15, 0.2) is 0 Å². The number of methoxy groups -OCH3 is 2. The average Bonchev–Trinajstić information content (AvgIpc) is 4.06. The predicted molar refractivity (Wildman–Crippen MR) is 213 cm³/mol. The number of hydrogen-bond donors (Lipinski definition) is 4. The molecule has 0 aliphatic carbocycles. The van der Waals surface area contributed by atoms with Crippen molar-refractivity contribution in [2.45, 2.75) is 77.5 Å². The number of ether oxygens (including phenoxy) is 2. The van der Waals surface area contributed by atoms with Crippen LogP contribution < -0.4 is 10.6 Å². The van der Waals surface area contributed by atoms with Crippen LogP contribution in [-0.2, 0) is 19.1 Å². The molecule has 15 nitrogen and oxygen atoms in total. The van der Waals surface area contributed by atoms with Crippen LogP contribution in [0.4, 0.5) is 9.59 Å². The van der Waals surface area contributed by atoms with E-state index in [0.717, 1.165) is 70.5 Å². The van der Waals surface area contributed by atoms with Gasteiger partial charge in [0.05, 0.1) is 50.1 Å². The molecule has 4 amide bonds. The van der Waals surface area contributed by atoms with Gasteiger partial charge < -0.3 is 44.3 Å². The van der Waals surface area contributed by atoms with Crippen molar-refractivity contribution in [2.24, 2.45) is 11.8 Å². The number of nitrogens with zero attached hydrogens (tertiary/aromatic N) is 4. The smallest absolute Gasteiger partial charge is 0.407 e. The predicted octanol–water partition coefficient (Wildman–Crippen LogP) is 6.97. The molecule has 0 radical (unpaired) electrons. The molecule has 3 aromatic heterocycles. The third-order valence-corrected chi connectivity index (χ3v) is 11.0. The molecule has 5 heterocycles. The van der Waals surface area contributed by atoms with Crippen LogP contribution in [0.15, 0.2) is 65.3 Å². The average molecular weight is 779 g/mol. The summed E-state index contributed by atoms with van der Waals surface area (Å²) in [4.78, 5) is 70.9. The first-order valence-corrected chi connectivity index (χ1v) is 19.5. The SMILES string of the molecule is COC(=O)N[C@@H](C(=O)N1CCC[C@H]1c1ncc(-c2ccc(-c3cc4cc(-c5cnc([C@@H]6CCCN6C(=O)[C@H](NC(=O)OC)C(C)C)[nH]5)ccc4o3)cc2)[nH]1)C(C)C. The minimum atomic E-state index is -0.700. The Hall–Kier alpha value is -6.12. The number of alkyl carbamates (subject to hydrolysis) is 2. The molecule has 0 spiro atoms. The monoisotopic (exact) mass is 778 g/mol. The van der Waals surface area contributed by atoms with E-state index in [-0.39, 0.29) is 35.7 Å². The lowest BCUT2D eigenvalue weighted by Crippen LogP contribution is -2.51. The number of H-pyrrole nitrogens is 2. The van der Waals surface area contributed by atoms with Crippen LogP contribution in [0, 0.1) is 11.8 Å². The van der Waals surface area contributed by atoms with Gasteiger partial charge >= 0.3 is 12.2 Å². The Balaban J connectivity index is 1.03. The summed E-state index contributed by atoms with van der Waals surface area (Å²) in [7, 11) is 2.57. The number of fused-ring (bicyclic) bond motifs is 1. The van der Waals surface area contributed by atoms with Crippen LogP contribution in [0.5, 0.6) is 0 Å². The van der Waals surface area contributed by atoms with E-state index in [1.807, 2.05) is 70.2 Å². The van der Waals surface area contributed by atoms with Crippen LogP contribution in [0.1, 0.15) is 77.1 Å². The molecule has 2 fully saturated rings. The highest BCUT2D eigenvalue weighted by Gasteiger charge is 2.39. The first kappa shape index (κ1) is 39.1. The summed E-state index contributed by atoms with van der Waals surface area (Å²) in [5.74, 6) is 1.61. The van der Waals surface area contributed by atoms with Crippen molar-refractivity contribution in [1.82, 2.24) is 40.4 Å². The fourth-order valence-electron chi connectivity index (χ4n) is 7.86. The van der Waals surface area contributed by atoms with Crippen LogP contribution >= 0.6 is 0 Å². The summed E-state index contributed by atoms with van der Waals surface area (Å²) < 4.78 is 15.8. The lowest BCUT2D eigenvalue weighted by atomic mass is 10.0. The Labute approximate surface area is 330 Å². The lowest BCUT2D eigenvalue weighted by molar-refractivity contribution is -0.136. The van der Waals surface area contributed by atoms with Gasteiger partial charge in [-0.1, -0.05) is 52.0 Å². The molecule has 2 aliphatic heterocycles. The van der Waals surface area contributed by atoms with Gasteiger partial charge in [0.25, 0.3) is 0 Å². The standard InChI is InChI=1S/C42H50N8O7/c1-23(2)35(47-41(53)55-5)39(51)49-17-7-9-31(49)37-43-21-29(45-37)25-11-13-26(14-12-25)34-20-28-19-27(15-16-33(28)57-34)30-22-44-38(46-30)32-10-8-18-50(32)40(52)36(24(3)4)48-42(54)56-6/h11-16,19-24,31-32,35-36H,7-10,17-18H2,1-6H3,(H,43,45)(H,44,46)(H,47,53)(H,48,54)/t31-,32-,35+,36+/m0/s1. The maximum atomic E-state index is 13.6. The highest BCUT2D eigenvalue weighted by Crippen LogP contribution is 2.36. The van der Waals surface area contributed by atoms with Gasteiger partial charge in [-0.05, 0) is 67.3 Å². The highest BCUT2D eigenvalue weighted by atomic mass is 16.5. The summed E-state index contributed by atoms with van der Waals surface area (Å²) in [6.07, 6.45) is 5.53. The maximum absolute atomic E-state index is 13.6. The number of amides is 4. The highest BCUT2D eigenvalue weighted by molar-refractivity contribution is 5.88. The number of carbonyl (C=O) groups is 4. The largest absolute Gasteiger partial charge is 0.456 e. The second-order valence-corrected chi connectivity index (χ2v) is 15.4. The van der Waals surface area contributed by atoms with Gasteiger partial charge in [0, 0.05) is 29.6 Å². The van der Waals surface area contributed by atoms with Gasteiger partial charge in [-0.15, -0.1) is 0 Å². The first-order chi connectivity index (χ1) is 27.4. The third kappa shape index (κ3) is 8.09. The molecule has 57 heavy (non-hydrogen) atoms. The minimum absolute atomic E-state index is 0.113. The molecule has 2 aromatic carbocycles. The molecule has 0 unspecified atom stereocenters. The normalized spacial score (nSPS) is 18.0. The maximum Gasteiger partial charge on any atom is 0.407 e. The fourth-order valence-corrected chi connectivity index (χ4v) is 7.86. The zero-order valence-electron chi connectivity index (χ0n) is 33.1. The number of aromatic nitrogens is 4. The van der Waals surface area contributed by atoms with Crippen molar-refractivity contribution in [3.05, 3.63) is 72.6 Å². The Morgan fingerprint density at radius 3 is 1.67 bits per heavy atom. The number of hydrogen-bond acceptors (Lipinski definition) is 9. The van der Waals surface area contributed by atoms with Crippen molar-refractivity contribution >= 4 is 35.0 Å². The summed E-state index contributed by atoms with van der Waals surface area (Å²) in [5, 5.41) is 6.32. The lowest BCUT2D eigenvalue weighted by Gasteiger charge is -2.30. The molecular weight excluding hydrogens is 729 g/mol. The second kappa shape index (κ2) is 16.5. The first-order valence-electron chi connectivity index (χ1n) is 19.5. The van der Waals surface area contributed by atoms with E-state index in [2.05, 4.69) is 36.6 Å². The van der Waals surface area contributed by atoms with Crippen LogP contribution in [0.3, 0.4) is 0 Å². The molecule has 300 valence electrons. The van der Waals surface area contributed by atoms with Crippen LogP contribution in [0.2, 0.25) is 0 Å². The third-order valence-electron chi connectivity index (χ3n) is 11.0. The van der Waals surface area contributed by atoms with E-state index in [4.69, 9.17) is 13.9 Å². The van der Waals surface area contributed by atoms with Crippen LogP contribution in [-0.4, -0.2) is 93.1 Å². The van der Waals surface area contributed by atoms with E-state index in [1.54, 1.807) is 22.2 Å². The van der Waals surface area contributed by atoms with E-state index in [1.165, 1.54) is 14.2 Å². The molecule has 2 aliphatic rings. The molecule has 5 aromatic rings. The van der Waals surface area contributed by atoms with Gasteiger partial charge in [0.1, 0.15) is 35.1 Å². The minimum Gasteiger partial charge on any atom is -0.456 e. The Morgan fingerprint density at radius 2 is 1.18 bits per heavy atom. The number of rotatable bonds is 11. The quantitative estimate of drug-likeness (QED) is 0.110. The molecule has 7 rings (SSSR count). The van der Waals surface area contributed by atoms with E-state index >= 15 is 0 Å². The summed E-state index contributed by atoms with van der Waals surface area (Å²) in [6.45, 7) is 8.75. The number of benzene rings is 2. The molecule has 4 atom stereocenters. The van der Waals surface area contributed by atoms with Crippen molar-refractivity contribution < 1.29 is 33.1 Å². The van der Waals surface area contributed by atoms with E-state index in [0.29, 0.717) is 24.7 Å². The van der Waals surface area contributed by atoms with E-state index in [9.17, 15) is 19.2 Å². The van der Waals surface area contributed by atoms with Gasteiger partial charge in [0.2, 0.25) is 11.8 Å². The van der Waals surface area contributed by atoms with Gasteiger partial charge in [-0.3, -0.25) is 9.59 Å². The molecule has 2 saturated heterocycles. The van der Waals surface area contributed by atoms with Crippen LogP contribution in [0.25, 0.3) is 44.8 Å². The fraction of sp³-hybridized carbons (Fsp3) is 0.429. The molecule has 0 bridgehead atoms. The molecule has 0 saturated carbocycles. The Morgan fingerprint density at radius 1 is 0.702 bits per heavy atom. The van der Waals surface area contributed by atoms with Gasteiger partial charge in [-0.2, -0.15) is 0 Å². The summed E-state index contributed by atoms with van der Waals surface area (Å²) >= 11 is 0. The summed E-state index contributed by atoms with van der Waals surface area (Å²) in [6, 6.07) is 14.2. The van der Waals surface area contributed by atoms with Crippen molar-refractivity contribution in [2.75, 3.05) is 27.3 Å².